The molecule has 0 radical (unpaired) electrons. The second-order valence-electron chi connectivity index (χ2n) is 6.02. The van der Waals surface area contributed by atoms with E-state index in [2.05, 4.69) is 37.9 Å². The summed E-state index contributed by atoms with van der Waals surface area (Å²) in [6, 6.07) is 0.244. The predicted molar refractivity (Wildman–Crippen MR) is 68.6 cm³/mol. The molecule has 1 saturated heterocycles. The Bertz CT molecular complexity index is 204. The van der Waals surface area contributed by atoms with Crippen LogP contribution in [0, 0.1) is 5.92 Å². The van der Waals surface area contributed by atoms with Crippen molar-refractivity contribution in [2.24, 2.45) is 5.92 Å². The molecule has 1 rings (SSSR count). The van der Waals surface area contributed by atoms with E-state index in [-0.39, 0.29) is 18.2 Å². The second-order valence-corrected chi connectivity index (χ2v) is 6.02. The number of hydrogen-bond acceptors (Lipinski definition) is 3. The van der Waals surface area contributed by atoms with Crippen molar-refractivity contribution in [3.63, 3.8) is 0 Å². The van der Waals surface area contributed by atoms with Gasteiger partial charge in [0.05, 0.1) is 6.61 Å². The molecule has 96 valence electrons. The zero-order chi connectivity index (χ0) is 12.2. The summed E-state index contributed by atoms with van der Waals surface area (Å²) in [7, 11) is 0. The Morgan fingerprint density at radius 3 is 2.69 bits per heavy atom. The third-order valence-electron chi connectivity index (χ3n) is 3.66. The van der Waals surface area contributed by atoms with Crippen molar-refractivity contribution in [3.05, 3.63) is 0 Å². The normalized spacial score (nSPS) is 27.0. The fourth-order valence-corrected chi connectivity index (χ4v) is 2.25. The third-order valence-corrected chi connectivity index (χ3v) is 3.66. The summed E-state index contributed by atoms with van der Waals surface area (Å²) < 4.78 is 0. The molecule has 1 aliphatic rings. The quantitative estimate of drug-likeness (QED) is 0.765. The van der Waals surface area contributed by atoms with E-state index in [1.54, 1.807) is 0 Å². The van der Waals surface area contributed by atoms with Crippen molar-refractivity contribution in [1.29, 1.82) is 0 Å². The van der Waals surface area contributed by atoms with Crippen LogP contribution in [0.25, 0.3) is 0 Å². The van der Waals surface area contributed by atoms with Crippen LogP contribution in [0.5, 0.6) is 0 Å². The first-order chi connectivity index (χ1) is 7.45. The number of aliphatic hydroxyl groups excluding tert-OH is 1. The van der Waals surface area contributed by atoms with Gasteiger partial charge in [0, 0.05) is 18.1 Å². The third kappa shape index (κ3) is 4.04. The van der Waals surface area contributed by atoms with Crippen molar-refractivity contribution < 1.29 is 5.11 Å². The maximum Gasteiger partial charge on any atom is 0.0597 e. The van der Waals surface area contributed by atoms with Gasteiger partial charge in [-0.15, -0.1) is 0 Å². The number of nitrogens with zero attached hydrogens (tertiary/aromatic N) is 1. The molecule has 1 fully saturated rings. The highest BCUT2D eigenvalue weighted by Gasteiger charge is 2.30. The molecule has 0 aromatic carbocycles. The molecular weight excluding hydrogens is 200 g/mol. The SMILES string of the molecule is CC(C)CCN1CC(CO)NCCC1(C)C. The average molecular weight is 228 g/mol. The Morgan fingerprint density at radius 2 is 2.12 bits per heavy atom. The standard InChI is InChI=1S/C13H28N2O/c1-11(2)5-8-15-9-12(10-16)14-7-6-13(15,3)4/h11-12,14,16H,5-10H2,1-4H3. The van der Waals surface area contributed by atoms with Crippen LogP contribution >= 0.6 is 0 Å². The lowest BCUT2D eigenvalue weighted by Crippen LogP contribution is -2.48. The van der Waals surface area contributed by atoms with E-state index in [1.807, 2.05) is 0 Å². The van der Waals surface area contributed by atoms with E-state index in [1.165, 1.54) is 6.42 Å². The number of hydrogen-bond donors (Lipinski definition) is 2. The lowest BCUT2D eigenvalue weighted by atomic mass is 9.97. The Morgan fingerprint density at radius 1 is 1.44 bits per heavy atom. The van der Waals surface area contributed by atoms with Crippen LogP contribution in [0.2, 0.25) is 0 Å². The van der Waals surface area contributed by atoms with Gasteiger partial charge in [-0.2, -0.15) is 0 Å². The first-order valence-electron chi connectivity index (χ1n) is 6.55. The Labute approximate surface area is 100 Å². The van der Waals surface area contributed by atoms with Gasteiger partial charge in [-0.05, 0) is 45.7 Å². The Kier molecular flexibility index (Phi) is 5.22. The maximum absolute atomic E-state index is 9.29. The average Bonchev–Trinajstić information content (AvgIpc) is 2.33. The minimum absolute atomic E-state index is 0.244. The van der Waals surface area contributed by atoms with Crippen LogP contribution < -0.4 is 5.32 Å². The van der Waals surface area contributed by atoms with Crippen LogP contribution in [0.3, 0.4) is 0 Å². The Hall–Kier alpha value is -0.120. The van der Waals surface area contributed by atoms with Crippen LogP contribution in [-0.4, -0.2) is 47.8 Å². The molecule has 16 heavy (non-hydrogen) atoms. The molecule has 0 aromatic heterocycles. The number of nitrogens with one attached hydrogen (secondary N) is 1. The topological polar surface area (TPSA) is 35.5 Å². The van der Waals surface area contributed by atoms with E-state index in [4.69, 9.17) is 0 Å². The van der Waals surface area contributed by atoms with E-state index >= 15 is 0 Å². The largest absolute Gasteiger partial charge is 0.395 e. The van der Waals surface area contributed by atoms with Gasteiger partial charge in [0.2, 0.25) is 0 Å². The van der Waals surface area contributed by atoms with Crippen molar-refractivity contribution in [1.82, 2.24) is 10.2 Å². The lowest BCUT2D eigenvalue weighted by molar-refractivity contribution is 0.103. The molecule has 0 amide bonds. The Balaban J connectivity index is 2.58. The first-order valence-corrected chi connectivity index (χ1v) is 6.55. The molecule has 3 nitrogen and oxygen atoms in total. The van der Waals surface area contributed by atoms with Crippen LogP contribution in [-0.2, 0) is 0 Å². The highest BCUT2D eigenvalue weighted by atomic mass is 16.3. The van der Waals surface area contributed by atoms with Crippen molar-refractivity contribution in [3.8, 4) is 0 Å². The first kappa shape index (κ1) is 13.9. The second kappa shape index (κ2) is 5.99. The summed E-state index contributed by atoms with van der Waals surface area (Å²) in [5.41, 5.74) is 0.256. The molecule has 0 aliphatic carbocycles. The smallest absolute Gasteiger partial charge is 0.0597 e. The molecular formula is C13H28N2O. The van der Waals surface area contributed by atoms with Gasteiger partial charge in [-0.25, -0.2) is 0 Å². The molecule has 1 aliphatic heterocycles. The zero-order valence-electron chi connectivity index (χ0n) is 11.3. The fourth-order valence-electron chi connectivity index (χ4n) is 2.25. The highest BCUT2D eigenvalue weighted by molar-refractivity contribution is 4.89. The van der Waals surface area contributed by atoms with E-state index < -0.39 is 0 Å². The molecule has 0 bridgehead atoms. The number of aliphatic hydroxyl groups is 1. The van der Waals surface area contributed by atoms with Crippen LogP contribution in [0.1, 0.15) is 40.5 Å². The summed E-state index contributed by atoms with van der Waals surface area (Å²) in [6.45, 7) is 12.5. The van der Waals surface area contributed by atoms with Gasteiger partial charge in [0.1, 0.15) is 0 Å². The molecule has 1 heterocycles. The van der Waals surface area contributed by atoms with Crippen LogP contribution in [0.15, 0.2) is 0 Å². The van der Waals surface area contributed by atoms with E-state index in [0.29, 0.717) is 0 Å². The molecule has 0 spiro atoms. The van der Waals surface area contributed by atoms with Gasteiger partial charge in [-0.1, -0.05) is 13.8 Å². The molecule has 0 aromatic rings. The van der Waals surface area contributed by atoms with Crippen molar-refractivity contribution in [2.45, 2.75) is 52.1 Å². The molecule has 1 atom stereocenters. The summed E-state index contributed by atoms with van der Waals surface area (Å²) in [6.07, 6.45) is 2.39. The summed E-state index contributed by atoms with van der Waals surface area (Å²) in [5, 5.41) is 12.7. The maximum atomic E-state index is 9.29. The van der Waals surface area contributed by atoms with Gasteiger partial charge in [-0.3, -0.25) is 4.90 Å². The minimum Gasteiger partial charge on any atom is -0.395 e. The number of rotatable bonds is 4. The van der Waals surface area contributed by atoms with Gasteiger partial charge in [0.25, 0.3) is 0 Å². The lowest BCUT2D eigenvalue weighted by Gasteiger charge is -2.38. The van der Waals surface area contributed by atoms with Gasteiger partial charge >= 0.3 is 0 Å². The molecule has 0 saturated carbocycles. The molecule has 2 N–H and O–H groups in total. The summed E-state index contributed by atoms with van der Waals surface area (Å²) in [5.74, 6) is 0.750. The highest BCUT2D eigenvalue weighted by Crippen LogP contribution is 2.22. The van der Waals surface area contributed by atoms with Crippen molar-refractivity contribution in [2.75, 3.05) is 26.2 Å². The molecule has 1 unspecified atom stereocenters. The monoisotopic (exact) mass is 228 g/mol. The van der Waals surface area contributed by atoms with Crippen LogP contribution in [0.4, 0.5) is 0 Å². The van der Waals surface area contributed by atoms with Gasteiger partial charge < -0.3 is 10.4 Å². The zero-order valence-corrected chi connectivity index (χ0v) is 11.3. The summed E-state index contributed by atoms with van der Waals surface area (Å²) >= 11 is 0. The predicted octanol–water partition coefficient (Wildman–Crippen LogP) is 1.47. The summed E-state index contributed by atoms with van der Waals surface area (Å²) in [4.78, 5) is 2.54. The van der Waals surface area contributed by atoms with Crippen molar-refractivity contribution >= 4 is 0 Å². The van der Waals surface area contributed by atoms with Gasteiger partial charge in [0.15, 0.2) is 0 Å². The fraction of sp³-hybridized carbons (Fsp3) is 1.00. The van der Waals surface area contributed by atoms with E-state index in [0.717, 1.165) is 32.0 Å². The van der Waals surface area contributed by atoms with E-state index in [9.17, 15) is 5.11 Å². The minimum atomic E-state index is 0.244. The molecule has 3 heteroatoms.